The third kappa shape index (κ3) is 4.30. The first-order chi connectivity index (χ1) is 16.3. The van der Waals surface area contributed by atoms with Gasteiger partial charge in [0.05, 0.1) is 28.8 Å². The topological polar surface area (TPSA) is 114 Å². The molecular weight excluding hydrogens is 434 g/mol. The van der Waals surface area contributed by atoms with E-state index in [1.54, 1.807) is 24.4 Å². The van der Waals surface area contributed by atoms with Gasteiger partial charge in [-0.05, 0) is 41.3 Å². The van der Waals surface area contributed by atoms with Crippen molar-refractivity contribution in [3.05, 3.63) is 111 Å². The van der Waals surface area contributed by atoms with Gasteiger partial charge in [0, 0.05) is 23.9 Å². The van der Waals surface area contributed by atoms with Crippen LogP contribution in [0.2, 0.25) is 0 Å². The lowest BCUT2D eigenvalue weighted by atomic mass is 9.93. The minimum absolute atomic E-state index is 0.0629. The van der Waals surface area contributed by atoms with Gasteiger partial charge in [-0.2, -0.15) is 0 Å². The lowest BCUT2D eigenvalue weighted by Gasteiger charge is -2.25. The Morgan fingerprint density at radius 2 is 1.74 bits per heavy atom. The number of nitro groups is 1. The van der Waals surface area contributed by atoms with Gasteiger partial charge in [-0.15, -0.1) is 0 Å². The Labute approximate surface area is 196 Å². The molecule has 1 fully saturated rings. The van der Waals surface area contributed by atoms with Crippen LogP contribution < -0.4 is 0 Å². The molecule has 8 heteroatoms. The normalized spacial score (nSPS) is 17.4. The second-order valence-corrected chi connectivity index (χ2v) is 8.37. The fourth-order valence-electron chi connectivity index (χ4n) is 4.02. The summed E-state index contributed by atoms with van der Waals surface area (Å²) in [6.07, 6.45) is 1.61. The first-order valence-corrected chi connectivity index (χ1v) is 10.8. The van der Waals surface area contributed by atoms with E-state index in [9.17, 15) is 24.8 Å². The molecular formula is C26H23N3O5. The summed E-state index contributed by atoms with van der Waals surface area (Å²) in [5, 5.41) is 22.1. The van der Waals surface area contributed by atoms with Gasteiger partial charge in [-0.1, -0.05) is 44.2 Å². The molecule has 1 aliphatic heterocycles. The van der Waals surface area contributed by atoms with Crippen LogP contribution in [0.5, 0.6) is 0 Å². The first-order valence-electron chi connectivity index (χ1n) is 10.8. The van der Waals surface area contributed by atoms with E-state index in [2.05, 4.69) is 18.8 Å². The van der Waals surface area contributed by atoms with Crippen LogP contribution in [-0.4, -0.2) is 31.6 Å². The van der Waals surface area contributed by atoms with E-state index in [-0.39, 0.29) is 29.1 Å². The van der Waals surface area contributed by atoms with Crippen molar-refractivity contribution in [3.8, 4) is 0 Å². The molecule has 1 atom stereocenters. The van der Waals surface area contributed by atoms with E-state index in [0.29, 0.717) is 17.2 Å². The average molecular weight is 457 g/mol. The molecule has 2 heterocycles. The maximum absolute atomic E-state index is 13.1. The number of ketones is 1. The maximum Gasteiger partial charge on any atom is 0.296 e. The number of pyridine rings is 1. The summed E-state index contributed by atoms with van der Waals surface area (Å²) in [6.45, 7) is 4.21. The number of non-ortho nitro benzene ring substituents is 1. The summed E-state index contributed by atoms with van der Waals surface area (Å²) >= 11 is 0. The van der Waals surface area contributed by atoms with Gasteiger partial charge in [0.25, 0.3) is 17.4 Å². The van der Waals surface area contributed by atoms with Crippen molar-refractivity contribution < 1.29 is 19.6 Å². The monoisotopic (exact) mass is 457 g/mol. The quantitative estimate of drug-likeness (QED) is 0.188. The molecule has 2 aromatic carbocycles. The van der Waals surface area contributed by atoms with Crippen molar-refractivity contribution in [1.29, 1.82) is 0 Å². The van der Waals surface area contributed by atoms with Gasteiger partial charge in [-0.25, -0.2) is 0 Å². The summed E-state index contributed by atoms with van der Waals surface area (Å²) < 4.78 is 0. The van der Waals surface area contributed by atoms with E-state index in [1.165, 1.54) is 29.2 Å². The SMILES string of the molecule is CC(C)c1ccc(C2/C(=C(/O)c3ccc([N+](=O)[O-])cc3)C(=O)C(=O)N2Cc2ccccn2)cc1. The summed E-state index contributed by atoms with van der Waals surface area (Å²) in [4.78, 5) is 42.3. The van der Waals surface area contributed by atoms with Crippen molar-refractivity contribution in [3.63, 3.8) is 0 Å². The van der Waals surface area contributed by atoms with Crippen LogP contribution in [0, 0.1) is 10.1 Å². The minimum Gasteiger partial charge on any atom is -0.507 e. The van der Waals surface area contributed by atoms with Crippen LogP contribution in [0.3, 0.4) is 0 Å². The molecule has 34 heavy (non-hydrogen) atoms. The Morgan fingerprint density at radius 3 is 2.29 bits per heavy atom. The highest BCUT2D eigenvalue weighted by Crippen LogP contribution is 2.40. The molecule has 1 aromatic heterocycles. The smallest absolute Gasteiger partial charge is 0.296 e. The molecule has 0 bridgehead atoms. The number of carbonyl (C=O) groups is 2. The standard InChI is InChI=1S/C26H23N3O5/c1-16(2)17-6-8-18(9-7-17)23-22(24(30)19-10-12-21(13-11-19)29(33)34)25(31)26(32)28(23)15-20-5-3-4-14-27-20/h3-14,16,23,30H,15H2,1-2H3/b24-22-. The third-order valence-electron chi connectivity index (χ3n) is 5.87. The van der Waals surface area contributed by atoms with Gasteiger partial charge in [0.2, 0.25) is 0 Å². The number of rotatable bonds is 6. The van der Waals surface area contributed by atoms with Gasteiger partial charge in [0.1, 0.15) is 5.76 Å². The van der Waals surface area contributed by atoms with Crippen molar-refractivity contribution in [1.82, 2.24) is 9.88 Å². The number of carbonyl (C=O) groups excluding carboxylic acids is 2. The van der Waals surface area contributed by atoms with E-state index in [4.69, 9.17) is 0 Å². The molecule has 1 N–H and O–H groups in total. The fraction of sp³-hybridized carbons (Fsp3) is 0.192. The van der Waals surface area contributed by atoms with Crippen molar-refractivity contribution in [2.75, 3.05) is 0 Å². The molecule has 4 rings (SSSR count). The lowest BCUT2D eigenvalue weighted by molar-refractivity contribution is -0.384. The number of benzene rings is 2. The molecule has 1 saturated heterocycles. The third-order valence-corrected chi connectivity index (χ3v) is 5.87. The number of hydrogen-bond donors (Lipinski definition) is 1. The number of nitro benzene ring substituents is 1. The zero-order valence-electron chi connectivity index (χ0n) is 18.7. The molecule has 172 valence electrons. The van der Waals surface area contributed by atoms with Crippen LogP contribution >= 0.6 is 0 Å². The van der Waals surface area contributed by atoms with E-state index < -0.39 is 22.7 Å². The van der Waals surface area contributed by atoms with Crippen molar-refractivity contribution >= 4 is 23.1 Å². The molecule has 1 unspecified atom stereocenters. The summed E-state index contributed by atoms with van der Waals surface area (Å²) in [5.41, 5.74) is 2.37. The van der Waals surface area contributed by atoms with E-state index in [1.807, 2.05) is 24.3 Å². The number of hydrogen-bond acceptors (Lipinski definition) is 6. The molecule has 0 saturated carbocycles. The highest BCUT2D eigenvalue weighted by atomic mass is 16.6. The molecule has 0 aliphatic carbocycles. The van der Waals surface area contributed by atoms with Crippen molar-refractivity contribution in [2.45, 2.75) is 32.4 Å². The number of amides is 1. The largest absolute Gasteiger partial charge is 0.507 e. The Hall–Kier alpha value is -4.33. The lowest BCUT2D eigenvalue weighted by Crippen LogP contribution is -2.29. The molecule has 0 radical (unpaired) electrons. The summed E-state index contributed by atoms with van der Waals surface area (Å²) in [6, 6.07) is 17.2. The number of aromatic nitrogens is 1. The average Bonchev–Trinajstić information content (AvgIpc) is 3.09. The molecule has 1 aliphatic rings. The molecule has 3 aromatic rings. The Bertz CT molecular complexity index is 1270. The number of aliphatic hydroxyl groups excluding tert-OH is 1. The Morgan fingerprint density at radius 1 is 1.06 bits per heavy atom. The second-order valence-electron chi connectivity index (χ2n) is 8.37. The van der Waals surface area contributed by atoms with E-state index >= 15 is 0 Å². The second kappa shape index (κ2) is 9.27. The molecule has 0 spiro atoms. The Balaban J connectivity index is 1.83. The number of Topliss-reactive ketones (excluding diaryl/α,β-unsaturated/α-hetero) is 1. The predicted molar refractivity (Wildman–Crippen MR) is 126 cm³/mol. The van der Waals surface area contributed by atoms with Gasteiger partial charge >= 0.3 is 0 Å². The summed E-state index contributed by atoms with van der Waals surface area (Å²) in [5.74, 6) is -1.64. The van der Waals surface area contributed by atoms with Crippen molar-refractivity contribution in [2.24, 2.45) is 0 Å². The number of aliphatic hydroxyl groups is 1. The zero-order valence-corrected chi connectivity index (χ0v) is 18.7. The van der Waals surface area contributed by atoms with Crippen LogP contribution in [0.15, 0.2) is 78.5 Å². The highest BCUT2D eigenvalue weighted by Gasteiger charge is 2.46. The van der Waals surface area contributed by atoms with Gasteiger partial charge in [-0.3, -0.25) is 24.7 Å². The minimum atomic E-state index is -0.835. The first kappa shape index (κ1) is 22.8. The number of nitrogens with zero attached hydrogens (tertiary/aromatic N) is 3. The Kier molecular flexibility index (Phi) is 6.23. The zero-order chi connectivity index (χ0) is 24.4. The molecule has 8 nitrogen and oxygen atoms in total. The predicted octanol–water partition coefficient (Wildman–Crippen LogP) is 4.74. The highest BCUT2D eigenvalue weighted by molar-refractivity contribution is 6.46. The van der Waals surface area contributed by atoms with E-state index in [0.717, 1.165) is 5.56 Å². The van der Waals surface area contributed by atoms with Crippen LogP contribution in [0.1, 0.15) is 48.2 Å². The fourth-order valence-corrected chi connectivity index (χ4v) is 4.02. The number of likely N-dealkylation sites (tertiary alicyclic amines) is 1. The van der Waals surface area contributed by atoms with Crippen LogP contribution in [0.25, 0.3) is 5.76 Å². The summed E-state index contributed by atoms with van der Waals surface area (Å²) in [7, 11) is 0. The van der Waals surface area contributed by atoms with Crippen LogP contribution in [-0.2, 0) is 16.1 Å². The van der Waals surface area contributed by atoms with Gasteiger partial charge < -0.3 is 10.0 Å². The molecule has 1 amide bonds. The maximum atomic E-state index is 13.1. The van der Waals surface area contributed by atoms with Crippen LogP contribution in [0.4, 0.5) is 5.69 Å². The van der Waals surface area contributed by atoms with Gasteiger partial charge in [0.15, 0.2) is 0 Å².